The topological polar surface area (TPSA) is 114 Å². The van der Waals surface area contributed by atoms with Crippen LogP contribution in [0.2, 0.25) is 0 Å². The van der Waals surface area contributed by atoms with Gasteiger partial charge in [0.05, 0.1) is 29.5 Å². The van der Waals surface area contributed by atoms with Crippen LogP contribution in [0.3, 0.4) is 0 Å². The SMILES string of the molecule is CCOC(=O)c1ccc(NC(=O)CN2C(=O)N[C@H](c3cc(C)ccc3C)C3=C2COC3=O)cc1. The van der Waals surface area contributed by atoms with Gasteiger partial charge in [-0.1, -0.05) is 23.8 Å². The summed E-state index contributed by atoms with van der Waals surface area (Å²) in [6.07, 6.45) is 0. The van der Waals surface area contributed by atoms with Gasteiger partial charge in [-0.2, -0.15) is 0 Å². The number of aryl methyl sites for hydroxylation is 2. The summed E-state index contributed by atoms with van der Waals surface area (Å²) >= 11 is 0. The van der Waals surface area contributed by atoms with Gasteiger partial charge >= 0.3 is 18.0 Å². The number of nitrogens with one attached hydrogen (secondary N) is 2. The molecule has 34 heavy (non-hydrogen) atoms. The molecule has 9 heteroatoms. The maximum Gasteiger partial charge on any atom is 0.338 e. The lowest BCUT2D eigenvalue weighted by molar-refractivity contribution is -0.136. The smallest absolute Gasteiger partial charge is 0.338 e. The zero-order valence-electron chi connectivity index (χ0n) is 19.1. The van der Waals surface area contributed by atoms with Crippen molar-refractivity contribution in [1.29, 1.82) is 0 Å². The molecule has 0 bridgehead atoms. The second-order valence-electron chi connectivity index (χ2n) is 8.11. The molecule has 0 radical (unpaired) electrons. The third-order valence-electron chi connectivity index (χ3n) is 5.73. The summed E-state index contributed by atoms with van der Waals surface area (Å²) in [7, 11) is 0. The molecular weight excluding hydrogens is 438 g/mol. The molecule has 2 aliphatic heterocycles. The Morgan fingerprint density at radius 1 is 1.15 bits per heavy atom. The molecule has 0 aromatic heterocycles. The highest BCUT2D eigenvalue weighted by atomic mass is 16.5. The highest BCUT2D eigenvalue weighted by molar-refractivity contribution is 6.00. The summed E-state index contributed by atoms with van der Waals surface area (Å²) in [6, 6.07) is 10.9. The second kappa shape index (κ2) is 9.38. The minimum Gasteiger partial charge on any atom is -0.462 e. The average Bonchev–Trinajstić information content (AvgIpc) is 3.19. The molecule has 9 nitrogen and oxygen atoms in total. The first-order valence-corrected chi connectivity index (χ1v) is 10.9. The van der Waals surface area contributed by atoms with E-state index in [1.165, 1.54) is 4.90 Å². The van der Waals surface area contributed by atoms with E-state index >= 15 is 0 Å². The van der Waals surface area contributed by atoms with Crippen molar-refractivity contribution in [1.82, 2.24) is 10.2 Å². The molecule has 2 N–H and O–H groups in total. The number of ether oxygens (including phenoxy) is 2. The molecule has 4 rings (SSSR count). The first-order valence-electron chi connectivity index (χ1n) is 10.9. The Morgan fingerprint density at radius 2 is 1.88 bits per heavy atom. The number of cyclic esters (lactones) is 1. The normalized spacial score (nSPS) is 17.1. The number of anilines is 1. The fourth-order valence-electron chi connectivity index (χ4n) is 4.03. The van der Waals surface area contributed by atoms with Crippen molar-refractivity contribution in [3.63, 3.8) is 0 Å². The number of benzene rings is 2. The molecule has 0 unspecified atom stereocenters. The van der Waals surface area contributed by atoms with Gasteiger partial charge in [-0.15, -0.1) is 0 Å². The highest BCUT2D eigenvalue weighted by Crippen LogP contribution is 2.36. The van der Waals surface area contributed by atoms with Crippen LogP contribution >= 0.6 is 0 Å². The molecule has 0 aliphatic carbocycles. The standard InChI is InChI=1S/C25H25N3O6/c1-4-33-23(30)16-7-9-17(10-8-16)26-20(29)12-28-19-13-34-24(31)21(19)22(27-25(28)32)18-11-14(2)5-6-15(18)3/h5-11,22H,4,12-13H2,1-3H3,(H,26,29)(H,27,32)/t22-/m1/s1. The van der Waals surface area contributed by atoms with Gasteiger partial charge in [-0.25, -0.2) is 14.4 Å². The van der Waals surface area contributed by atoms with Crippen LogP contribution in [-0.2, 0) is 19.1 Å². The number of rotatable bonds is 6. The van der Waals surface area contributed by atoms with E-state index in [1.807, 2.05) is 32.0 Å². The maximum absolute atomic E-state index is 13.0. The van der Waals surface area contributed by atoms with Crippen LogP contribution in [0.25, 0.3) is 0 Å². The van der Waals surface area contributed by atoms with Gasteiger partial charge in [0.1, 0.15) is 13.2 Å². The second-order valence-corrected chi connectivity index (χ2v) is 8.11. The lowest BCUT2D eigenvalue weighted by Gasteiger charge is -2.33. The van der Waals surface area contributed by atoms with Crippen LogP contribution in [0, 0.1) is 13.8 Å². The monoisotopic (exact) mass is 463 g/mol. The van der Waals surface area contributed by atoms with E-state index in [0.29, 0.717) is 22.5 Å². The minimum absolute atomic E-state index is 0.0789. The van der Waals surface area contributed by atoms with Gasteiger partial charge < -0.3 is 20.1 Å². The van der Waals surface area contributed by atoms with Crippen molar-refractivity contribution in [2.45, 2.75) is 26.8 Å². The Balaban J connectivity index is 1.53. The number of hydrogen-bond acceptors (Lipinski definition) is 6. The van der Waals surface area contributed by atoms with E-state index in [2.05, 4.69) is 10.6 Å². The fourth-order valence-corrected chi connectivity index (χ4v) is 4.03. The molecule has 0 saturated carbocycles. The third-order valence-corrected chi connectivity index (χ3v) is 5.73. The number of nitrogens with zero attached hydrogens (tertiary/aromatic N) is 1. The largest absolute Gasteiger partial charge is 0.462 e. The van der Waals surface area contributed by atoms with Crippen LogP contribution in [0.1, 0.15) is 40.0 Å². The van der Waals surface area contributed by atoms with Crippen LogP contribution in [0.4, 0.5) is 10.5 Å². The Labute approximate surface area is 196 Å². The van der Waals surface area contributed by atoms with Crippen molar-refractivity contribution in [2.75, 3.05) is 25.1 Å². The summed E-state index contributed by atoms with van der Waals surface area (Å²) in [5.41, 5.74) is 4.28. The third kappa shape index (κ3) is 4.50. The van der Waals surface area contributed by atoms with Gasteiger partial charge in [-0.05, 0) is 56.2 Å². The van der Waals surface area contributed by atoms with Crippen molar-refractivity contribution in [2.24, 2.45) is 0 Å². The summed E-state index contributed by atoms with van der Waals surface area (Å²) in [6.45, 7) is 5.45. The Morgan fingerprint density at radius 3 is 2.59 bits per heavy atom. The van der Waals surface area contributed by atoms with Crippen molar-refractivity contribution in [3.8, 4) is 0 Å². The van der Waals surface area contributed by atoms with E-state index < -0.39 is 29.9 Å². The predicted molar refractivity (Wildman–Crippen MR) is 123 cm³/mol. The van der Waals surface area contributed by atoms with Gasteiger partial charge in [0.25, 0.3) is 0 Å². The molecule has 2 heterocycles. The number of urea groups is 1. The molecule has 3 amide bonds. The molecule has 0 spiro atoms. The summed E-state index contributed by atoms with van der Waals surface area (Å²) in [5.74, 6) is -1.43. The van der Waals surface area contributed by atoms with Gasteiger partial charge in [0.15, 0.2) is 0 Å². The van der Waals surface area contributed by atoms with Crippen LogP contribution < -0.4 is 10.6 Å². The number of hydrogen-bond donors (Lipinski definition) is 2. The van der Waals surface area contributed by atoms with Crippen LogP contribution in [0.15, 0.2) is 53.7 Å². The number of carbonyl (C=O) groups excluding carboxylic acids is 4. The van der Waals surface area contributed by atoms with Crippen LogP contribution in [-0.4, -0.2) is 48.5 Å². The van der Waals surface area contributed by atoms with Crippen molar-refractivity contribution in [3.05, 3.63) is 76.0 Å². The fraction of sp³-hybridized carbons (Fsp3) is 0.280. The molecule has 2 aliphatic rings. The molecule has 176 valence electrons. The molecule has 1 atom stereocenters. The van der Waals surface area contributed by atoms with Crippen molar-refractivity contribution >= 4 is 29.6 Å². The Kier molecular flexibility index (Phi) is 6.36. The maximum atomic E-state index is 13.0. The molecule has 0 saturated heterocycles. The predicted octanol–water partition coefficient (Wildman–Crippen LogP) is 3.00. The van der Waals surface area contributed by atoms with Gasteiger partial charge in [0.2, 0.25) is 5.91 Å². The highest BCUT2D eigenvalue weighted by Gasteiger charge is 2.43. The van der Waals surface area contributed by atoms with Crippen molar-refractivity contribution < 1.29 is 28.7 Å². The molecule has 0 fully saturated rings. The zero-order valence-corrected chi connectivity index (χ0v) is 19.1. The first-order chi connectivity index (χ1) is 16.3. The lowest BCUT2D eigenvalue weighted by atomic mass is 9.91. The number of amides is 3. The minimum atomic E-state index is -0.646. The number of carbonyl (C=O) groups is 4. The van der Waals surface area contributed by atoms with E-state index in [9.17, 15) is 19.2 Å². The number of esters is 2. The zero-order chi connectivity index (χ0) is 24.4. The quantitative estimate of drug-likeness (QED) is 0.637. The van der Waals surface area contributed by atoms with Crippen LogP contribution in [0.5, 0.6) is 0 Å². The van der Waals surface area contributed by atoms with E-state index in [-0.39, 0.29) is 19.8 Å². The van der Waals surface area contributed by atoms with Gasteiger partial charge in [-0.3, -0.25) is 9.69 Å². The van der Waals surface area contributed by atoms with E-state index in [0.717, 1.165) is 16.7 Å². The van der Waals surface area contributed by atoms with E-state index in [4.69, 9.17) is 9.47 Å². The molecule has 2 aromatic rings. The summed E-state index contributed by atoms with van der Waals surface area (Å²) < 4.78 is 10.2. The summed E-state index contributed by atoms with van der Waals surface area (Å²) in [5, 5.41) is 5.55. The molecule has 2 aromatic carbocycles. The Bertz CT molecular complexity index is 1200. The average molecular weight is 463 g/mol. The Hall–Kier alpha value is -4.14. The first kappa shape index (κ1) is 23.0. The lowest BCUT2D eigenvalue weighted by Crippen LogP contribution is -2.49. The summed E-state index contributed by atoms with van der Waals surface area (Å²) in [4.78, 5) is 51.2. The molecular formula is C25H25N3O6. The van der Waals surface area contributed by atoms with Gasteiger partial charge in [0, 0.05) is 5.69 Å². The van der Waals surface area contributed by atoms with E-state index in [1.54, 1.807) is 31.2 Å².